The van der Waals surface area contributed by atoms with Crippen LogP contribution in [0.5, 0.6) is 0 Å². The van der Waals surface area contributed by atoms with Crippen molar-refractivity contribution in [3.05, 3.63) is 53.2 Å². The van der Waals surface area contributed by atoms with Crippen LogP contribution in [-0.2, 0) is 6.54 Å². The molecule has 0 saturated carbocycles. The molecule has 0 radical (unpaired) electrons. The molecule has 0 saturated heterocycles. The van der Waals surface area contributed by atoms with Crippen LogP contribution in [-0.4, -0.2) is 22.6 Å². The molecule has 21 heavy (non-hydrogen) atoms. The van der Waals surface area contributed by atoms with Crippen molar-refractivity contribution in [2.75, 3.05) is 6.61 Å². The first-order valence-corrected chi connectivity index (χ1v) is 6.58. The molecule has 0 spiro atoms. The van der Waals surface area contributed by atoms with Crippen molar-refractivity contribution in [3.63, 3.8) is 0 Å². The first-order valence-electron chi connectivity index (χ1n) is 6.58. The summed E-state index contributed by atoms with van der Waals surface area (Å²) in [5, 5.41) is 11.5. The van der Waals surface area contributed by atoms with Crippen LogP contribution in [0.15, 0.2) is 35.1 Å². The Morgan fingerprint density at radius 2 is 2.24 bits per heavy atom. The van der Waals surface area contributed by atoms with Gasteiger partial charge < -0.3 is 14.8 Å². The van der Waals surface area contributed by atoms with Gasteiger partial charge >= 0.3 is 0 Å². The third-order valence-electron chi connectivity index (χ3n) is 2.87. The van der Waals surface area contributed by atoms with Gasteiger partial charge in [-0.25, -0.2) is 4.98 Å². The average Bonchev–Trinajstić information content (AvgIpc) is 2.92. The zero-order chi connectivity index (χ0) is 15.1. The molecule has 0 aliphatic carbocycles. The quantitative estimate of drug-likeness (QED) is 0.837. The molecule has 0 fully saturated rings. The number of aryl methyl sites for hydroxylation is 1. The van der Waals surface area contributed by atoms with Gasteiger partial charge in [0.15, 0.2) is 6.39 Å². The first kappa shape index (κ1) is 14.8. The number of aromatic nitrogens is 1. The van der Waals surface area contributed by atoms with Gasteiger partial charge in [0.05, 0.1) is 12.3 Å². The van der Waals surface area contributed by atoms with Crippen LogP contribution in [0.1, 0.15) is 33.8 Å². The zero-order valence-electron chi connectivity index (χ0n) is 11.7. The molecular weight excluding hydrogens is 268 g/mol. The van der Waals surface area contributed by atoms with E-state index in [1.165, 1.54) is 6.39 Å². The SMILES string of the molecule is Cc1ncoc1C(=O)NCc1ccccc1C#CCCO. The second kappa shape index (κ2) is 7.27. The molecule has 108 valence electrons. The summed E-state index contributed by atoms with van der Waals surface area (Å²) in [6.45, 7) is 2.10. The lowest BCUT2D eigenvalue weighted by Gasteiger charge is -2.06. The zero-order valence-corrected chi connectivity index (χ0v) is 11.7. The molecule has 0 unspecified atom stereocenters. The number of benzene rings is 1. The molecule has 5 nitrogen and oxygen atoms in total. The smallest absolute Gasteiger partial charge is 0.289 e. The molecule has 1 aromatic heterocycles. The summed E-state index contributed by atoms with van der Waals surface area (Å²) in [7, 11) is 0. The van der Waals surface area contributed by atoms with Gasteiger partial charge in [-0.1, -0.05) is 30.0 Å². The summed E-state index contributed by atoms with van der Waals surface area (Å²) < 4.78 is 5.05. The Morgan fingerprint density at radius 3 is 2.95 bits per heavy atom. The maximum atomic E-state index is 12.0. The van der Waals surface area contributed by atoms with Crippen LogP contribution >= 0.6 is 0 Å². The summed E-state index contributed by atoms with van der Waals surface area (Å²) in [5.74, 6) is 5.78. The fourth-order valence-corrected chi connectivity index (χ4v) is 1.79. The summed E-state index contributed by atoms with van der Waals surface area (Å²) in [4.78, 5) is 15.8. The van der Waals surface area contributed by atoms with Crippen LogP contribution in [0.4, 0.5) is 0 Å². The Morgan fingerprint density at radius 1 is 1.43 bits per heavy atom. The number of carbonyl (C=O) groups excluding carboxylic acids is 1. The van der Waals surface area contributed by atoms with Gasteiger partial charge in [-0.2, -0.15) is 0 Å². The summed E-state index contributed by atoms with van der Waals surface area (Å²) in [6.07, 6.45) is 1.68. The topological polar surface area (TPSA) is 75.4 Å². The van der Waals surface area contributed by atoms with Crippen molar-refractivity contribution in [1.29, 1.82) is 0 Å². The van der Waals surface area contributed by atoms with Crippen molar-refractivity contribution < 1.29 is 14.3 Å². The minimum Gasteiger partial charge on any atom is -0.438 e. The molecular formula is C16H16N2O3. The molecule has 2 N–H and O–H groups in total. The van der Waals surface area contributed by atoms with Gasteiger partial charge in [-0.05, 0) is 18.6 Å². The fourth-order valence-electron chi connectivity index (χ4n) is 1.79. The molecule has 2 aromatic rings. The van der Waals surface area contributed by atoms with E-state index in [-0.39, 0.29) is 18.3 Å². The van der Waals surface area contributed by atoms with Gasteiger partial charge in [0.2, 0.25) is 5.76 Å². The summed E-state index contributed by atoms with van der Waals surface area (Å²) in [6, 6.07) is 7.55. The largest absolute Gasteiger partial charge is 0.438 e. The number of nitrogens with zero attached hydrogens (tertiary/aromatic N) is 1. The highest BCUT2D eigenvalue weighted by atomic mass is 16.3. The second-order valence-electron chi connectivity index (χ2n) is 4.38. The average molecular weight is 284 g/mol. The highest BCUT2D eigenvalue weighted by Crippen LogP contribution is 2.09. The van der Waals surface area contributed by atoms with E-state index in [0.29, 0.717) is 18.7 Å². The van der Waals surface area contributed by atoms with Gasteiger partial charge in [0, 0.05) is 18.5 Å². The van der Waals surface area contributed by atoms with E-state index in [1.54, 1.807) is 6.92 Å². The van der Waals surface area contributed by atoms with Crippen molar-refractivity contribution in [2.24, 2.45) is 0 Å². The Balaban J connectivity index is 2.05. The van der Waals surface area contributed by atoms with E-state index in [9.17, 15) is 4.79 Å². The summed E-state index contributed by atoms with van der Waals surface area (Å²) >= 11 is 0. The lowest BCUT2D eigenvalue weighted by atomic mass is 10.1. The van der Waals surface area contributed by atoms with Crippen LogP contribution < -0.4 is 5.32 Å². The molecule has 0 aliphatic rings. The van der Waals surface area contributed by atoms with Crippen LogP contribution in [0, 0.1) is 18.8 Å². The molecule has 0 aliphatic heterocycles. The standard InChI is InChI=1S/C16H16N2O3/c1-12-15(21-11-18-12)16(20)17-10-14-8-3-2-6-13(14)7-4-5-9-19/h2-3,6,8,11,19H,5,9-10H2,1H3,(H,17,20). The Bertz CT molecular complexity index is 680. The highest BCUT2D eigenvalue weighted by molar-refractivity contribution is 5.92. The van der Waals surface area contributed by atoms with E-state index in [4.69, 9.17) is 9.52 Å². The maximum Gasteiger partial charge on any atom is 0.289 e. The van der Waals surface area contributed by atoms with Gasteiger partial charge in [0.1, 0.15) is 0 Å². The van der Waals surface area contributed by atoms with Crippen molar-refractivity contribution in [2.45, 2.75) is 19.9 Å². The molecule has 1 aromatic carbocycles. The Labute approximate surface area is 123 Å². The second-order valence-corrected chi connectivity index (χ2v) is 4.38. The number of aliphatic hydroxyl groups excluding tert-OH is 1. The van der Waals surface area contributed by atoms with Gasteiger partial charge in [-0.15, -0.1) is 0 Å². The number of amides is 1. The molecule has 0 bridgehead atoms. The van der Waals surface area contributed by atoms with E-state index >= 15 is 0 Å². The Hall–Kier alpha value is -2.58. The number of carbonyl (C=O) groups is 1. The lowest BCUT2D eigenvalue weighted by Crippen LogP contribution is -2.23. The molecule has 1 amide bonds. The van der Waals surface area contributed by atoms with Crippen LogP contribution in [0.3, 0.4) is 0 Å². The van der Waals surface area contributed by atoms with Crippen molar-refractivity contribution in [3.8, 4) is 11.8 Å². The normalized spacial score (nSPS) is 9.81. The van der Waals surface area contributed by atoms with Crippen molar-refractivity contribution >= 4 is 5.91 Å². The first-order chi connectivity index (χ1) is 10.2. The van der Waals surface area contributed by atoms with E-state index in [0.717, 1.165) is 11.1 Å². The molecule has 2 rings (SSSR count). The predicted octanol–water partition coefficient (Wildman–Crippen LogP) is 1.65. The lowest BCUT2D eigenvalue weighted by molar-refractivity contribution is 0.0922. The summed E-state index contributed by atoms with van der Waals surface area (Å²) in [5.41, 5.74) is 2.30. The van der Waals surface area contributed by atoms with Crippen LogP contribution in [0.2, 0.25) is 0 Å². The van der Waals surface area contributed by atoms with Gasteiger partial charge in [-0.3, -0.25) is 4.79 Å². The Kier molecular flexibility index (Phi) is 5.13. The fraction of sp³-hybridized carbons (Fsp3) is 0.250. The molecule has 1 heterocycles. The minimum absolute atomic E-state index is 0.0384. The highest BCUT2D eigenvalue weighted by Gasteiger charge is 2.13. The van der Waals surface area contributed by atoms with E-state index in [2.05, 4.69) is 22.1 Å². The van der Waals surface area contributed by atoms with Crippen LogP contribution in [0.25, 0.3) is 0 Å². The number of aliphatic hydroxyl groups is 1. The number of oxazole rings is 1. The number of nitrogens with one attached hydrogen (secondary N) is 1. The van der Waals surface area contributed by atoms with Gasteiger partial charge in [0.25, 0.3) is 5.91 Å². The monoisotopic (exact) mass is 284 g/mol. The molecule has 0 atom stereocenters. The van der Waals surface area contributed by atoms with E-state index < -0.39 is 0 Å². The molecule has 5 heteroatoms. The number of hydrogen-bond acceptors (Lipinski definition) is 4. The van der Waals surface area contributed by atoms with Crippen molar-refractivity contribution in [1.82, 2.24) is 10.3 Å². The third-order valence-corrected chi connectivity index (χ3v) is 2.87. The third kappa shape index (κ3) is 3.94. The minimum atomic E-state index is -0.303. The van der Waals surface area contributed by atoms with E-state index in [1.807, 2.05) is 24.3 Å². The predicted molar refractivity (Wildman–Crippen MR) is 77.4 cm³/mol. The maximum absolute atomic E-state index is 12.0. The number of hydrogen-bond donors (Lipinski definition) is 2. The number of rotatable bonds is 4.